The Labute approximate surface area is 113 Å². The van der Waals surface area contributed by atoms with Crippen LogP contribution in [0.2, 0.25) is 0 Å². The lowest BCUT2D eigenvalue weighted by molar-refractivity contribution is 0.274. The summed E-state index contributed by atoms with van der Waals surface area (Å²) in [4.78, 5) is 3.88. The molecule has 0 amide bonds. The molecule has 5 nitrogen and oxygen atoms in total. The molecule has 0 unspecified atom stereocenters. The number of pyridine rings is 1. The van der Waals surface area contributed by atoms with Crippen molar-refractivity contribution in [2.24, 2.45) is 10.9 Å². The average Bonchev–Trinajstić information content (AvgIpc) is 2.46. The van der Waals surface area contributed by atoms with E-state index in [1.54, 1.807) is 6.07 Å². The third-order valence-corrected chi connectivity index (χ3v) is 2.50. The Morgan fingerprint density at radius 3 is 2.65 bits per heavy atom. The van der Waals surface area contributed by atoms with Crippen LogP contribution in [0, 0.1) is 11.6 Å². The summed E-state index contributed by atoms with van der Waals surface area (Å²) in [6, 6.07) is 6.54. The van der Waals surface area contributed by atoms with Crippen LogP contribution in [0.3, 0.4) is 0 Å². The van der Waals surface area contributed by atoms with Crippen molar-refractivity contribution in [3.05, 3.63) is 59.4 Å². The molecule has 2 rings (SSSR count). The number of oxime groups is 1. The molecule has 0 bridgehead atoms. The van der Waals surface area contributed by atoms with Crippen molar-refractivity contribution < 1.29 is 18.7 Å². The van der Waals surface area contributed by atoms with Crippen LogP contribution in [0.25, 0.3) is 0 Å². The van der Waals surface area contributed by atoms with Gasteiger partial charge in [-0.2, -0.15) is 0 Å². The van der Waals surface area contributed by atoms with Gasteiger partial charge in [0.05, 0.1) is 0 Å². The number of hydrogen-bond donors (Lipinski definition) is 2. The van der Waals surface area contributed by atoms with Gasteiger partial charge in [-0.1, -0.05) is 11.2 Å². The van der Waals surface area contributed by atoms with Crippen molar-refractivity contribution in [3.63, 3.8) is 0 Å². The third kappa shape index (κ3) is 3.00. The quantitative estimate of drug-likeness (QED) is 0.388. The predicted octanol–water partition coefficient (Wildman–Crippen LogP) is 2.03. The van der Waals surface area contributed by atoms with Crippen LogP contribution in [0.4, 0.5) is 8.78 Å². The Balaban J connectivity index is 2.15. The summed E-state index contributed by atoms with van der Waals surface area (Å²) in [5, 5.41) is 11.4. The molecule has 0 spiro atoms. The van der Waals surface area contributed by atoms with E-state index in [-0.39, 0.29) is 18.1 Å². The molecule has 0 aliphatic rings. The Bertz CT molecular complexity index is 627. The number of nitrogens with two attached hydrogens (primary N) is 1. The molecule has 0 aliphatic heterocycles. The molecule has 0 aliphatic carbocycles. The number of halogens is 2. The molecule has 7 heteroatoms. The van der Waals surface area contributed by atoms with E-state index in [0.717, 1.165) is 12.1 Å². The van der Waals surface area contributed by atoms with E-state index < -0.39 is 17.4 Å². The molecule has 0 saturated heterocycles. The van der Waals surface area contributed by atoms with Gasteiger partial charge >= 0.3 is 0 Å². The van der Waals surface area contributed by atoms with E-state index in [0.29, 0.717) is 5.56 Å². The zero-order valence-corrected chi connectivity index (χ0v) is 10.3. The standard InChI is InChI=1S/C13H11F2N3O2/c14-9-2-1-3-10(15)12(9)20-7-8-4-5-17-11(6-8)13(16)18-19/h1-6,19H,7H2,(H2,16,18). The molecule has 0 fully saturated rings. The van der Waals surface area contributed by atoms with E-state index in [4.69, 9.17) is 15.7 Å². The molecule has 0 radical (unpaired) electrons. The monoisotopic (exact) mass is 279 g/mol. The van der Waals surface area contributed by atoms with Crippen LogP contribution in [0.15, 0.2) is 41.7 Å². The molecular weight excluding hydrogens is 268 g/mol. The molecule has 104 valence electrons. The maximum Gasteiger partial charge on any atom is 0.191 e. The maximum atomic E-state index is 13.4. The smallest absolute Gasteiger partial charge is 0.191 e. The van der Waals surface area contributed by atoms with Gasteiger partial charge in [-0.15, -0.1) is 0 Å². The summed E-state index contributed by atoms with van der Waals surface area (Å²) >= 11 is 0. The van der Waals surface area contributed by atoms with Crippen molar-refractivity contribution >= 4 is 5.84 Å². The van der Waals surface area contributed by atoms with Crippen molar-refractivity contribution in [1.82, 2.24) is 4.98 Å². The zero-order valence-electron chi connectivity index (χ0n) is 10.3. The average molecular weight is 279 g/mol. The number of para-hydroxylation sites is 1. The number of aromatic nitrogens is 1. The molecular formula is C13H11F2N3O2. The second-order valence-corrected chi connectivity index (χ2v) is 3.87. The van der Waals surface area contributed by atoms with Gasteiger partial charge in [-0.3, -0.25) is 4.98 Å². The summed E-state index contributed by atoms with van der Waals surface area (Å²) in [5.41, 5.74) is 6.21. The van der Waals surface area contributed by atoms with E-state index in [1.165, 1.54) is 18.3 Å². The molecule has 20 heavy (non-hydrogen) atoms. The highest BCUT2D eigenvalue weighted by Gasteiger charge is 2.10. The summed E-state index contributed by atoms with van der Waals surface area (Å²) in [7, 11) is 0. The number of ether oxygens (including phenoxy) is 1. The zero-order chi connectivity index (χ0) is 14.5. The Hall–Kier alpha value is -2.70. The van der Waals surface area contributed by atoms with Gasteiger partial charge in [0.2, 0.25) is 0 Å². The fourth-order valence-electron chi connectivity index (χ4n) is 1.53. The molecule has 1 aromatic carbocycles. The summed E-state index contributed by atoms with van der Waals surface area (Å²) in [6.07, 6.45) is 1.42. The van der Waals surface area contributed by atoms with Gasteiger partial charge in [-0.05, 0) is 29.8 Å². The lowest BCUT2D eigenvalue weighted by atomic mass is 10.2. The second kappa shape index (κ2) is 5.96. The van der Waals surface area contributed by atoms with Gasteiger partial charge in [-0.25, -0.2) is 8.78 Å². The highest BCUT2D eigenvalue weighted by Crippen LogP contribution is 2.21. The first-order valence-corrected chi connectivity index (χ1v) is 5.61. The first-order chi connectivity index (χ1) is 9.61. The fourth-order valence-corrected chi connectivity index (χ4v) is 1.53. The first-order valence-electron chi connectivity index (χ1n) is 5.61. The van der Waals surface area contributed by atoms with Crippen LogP contribution in [0.5, 0.6) is 5.75 Å². The SMILES string of the molecule is N/C(=N/O)c1cc(COc2c(F)cccc2F)ccn1. The highest BCUT2D eigenvalue weighted by molar-refractivity contribution is 5.95. The van der Waals surface area contributed by atoms with Crippen LogP contribution < -0.4 is 10.5 Å². The fraction of sp³-hybridized carbons (Fsp3) is 0.0769. The predicted molar refractivity (Wildman–Crippen MR) is 67.4 cm³/mol. The minimum atomic E-state index is -0.782. The minimum Gasteiger partial charge on any atom is -0.483 e. The summed E-state index contributed by atoms with van der Waals surface area (Å²) in [5.74, 6) is -2.18. The summed E-state index contributed by atoms with van der Waals surface area (Å²) in [6.45, 7) is -0.0773. The minimum absolute atomic E-state index is 0.0773. The highest BCUT2D eigenvalue weighted by atomic mass is 19.1. The van der Waals surface area contributed by atoms with Crippen LogP contribution in [-0.2, 0) is 6.61 Å². The summed E-state index contributed by atoms with van der Waals surface area (Å²) < 4.78 is 31.8. The van der Waals surface area contributed by atoms with Crippen molar-refractivity contribution in [1.29, 1.82) is 0 Å². The molecule has 2 aromatic rings. The van der Waals surface area contributed by atoms with Crippen molar-refractivity contribution in [2.75, 3.05) is 0 Å². The normalized spacial score (nSPS) is 11.4. The molecule has 0 saturated carbocycles. The number of amidine groups is 1. The number of benzene rings is 1. The van der Waals surface area contributed by atoms with Gasteiger partial charge in [0.15, 0.2) is 23.2 Å². The number of hydrogen-bond acceptors (Lipinski definition) is 4. The molecule has 3 N–H and O–H groups in total. The molecule has 1 aromatic heterocycles. The van der Waals surface area contributed by atoms with Crippen molar-refractivity contribution in [2.45, 2.75) is 6.61 Å². The lowest BCUT2D eigenvalue weighted by Gasteiger charge is -2.08. The van der Waals surface area contributed by atoms with Gasteiger partial charge < -0.3 is 15.7 Å². The van der Waals surface area contributed by atoms with Gasteiger partial charge in [0, 0.05) is 6.20 Å². The van der Waals surface area contributed by atoms with Crippen LogP contribution in [0.1, 0.15) is 11.3 Å². The van der Waals surface area contributed by atoms with E-state index >= 15 is 0 Å². The third-order valence-electron chi connectivity index (χ3n) is 2.50. The van der Waals surface area contributed by atoms with Crippen LogP contribution in [-0.4, -0.2) is 16.0 Å². The van der Waals surface area contributed by atoms with Gasteiger partial charge in [0.25, 0.3) is 0 Å². The molecule has 1 heterocycles. The Morgan fingerprint density at radius 2 is 2.00 bits per heavy atom. The number of rotatable bonds is 4. The largest absolute Gasteiger partial charge is 0.483 e. The van der Waals surface area contributed by atoms with E-state index in [9.17, 15) is 8.78 Å². The Kier molecular flexibility index (Phi) is 4.09. The topological polar surface area (TPSA) is 80.7 Å². The Morgan fingerprint density at radius 1 is 1.30 bits per heavy atom. The van der Waals surface area contributed by atoms with Crippen LogP contribution >= 0.6 is 0 Å². The lowest BCUT2D eigenvalue weighted by Crippen LogP contribution is -2.15. The second-order valence-electron chi connectivity index (χ2n) is 3.87. The number of nitrogens with zero attached hydrogens (tertiary/aromatic N) is 2. The molecule has 0 atom stereocenters. The van der Waals surface area contributed by atoms with Gasteiger partial charge in [0.1, 0.15) is 12.3 Å². The van der Waals surface area contributed by atoms with Crippen molar-refractivity contribution in [3.8, 4) is 5.75 Å². The maximum absolute atomic E-state index is 13.4. The van der Waals surface area contributed by atoms with E-state index in [2.05, 4.69) is 10.1 Å². The first kappa shape index (κ1) is 13.7. The van der Waals surface area contributed by atoms with E-state index in [1.807, 2.05) is 0 Å².